The summed E-state index contributed by atoms with van der Waals surface area (Å²) in [5, 5.41) is 14.1. The Morgan fingerprint density at radius 3 is 2.15 bits per heavy atom. The van der Waals surface area contributed by atoms with Crippen LogP contribution in [-0.2, 0) is 5.72 Å². The number of ether oxygens (including phenoxy) is 1. The molecule has 178 valence electrons. The van der Waals surface area contributed by atoms with Gasteiger partial charge in [-0.3, -0.25) is 0 Å². The highest BCUT2D eigenvalue weighted by molar-refractivity contribution is 8.93. The Morgan fingerprint density at radius 2 is 1.47 bits per heavy atom. The molecule has 0 amide bonds. The fraction of sp³-hybridized carbons (Fsp3) is 0.296. The first-order chi connectivity index (χ1) is 16.0. The van der Waals surface area contributed by atoms with E-state index in [1.165, 1.54) is 0 Å². The van der Waals surface area contributed by atoms with Crippen LogP contribution in [0.3, 0.4) is 0 Å². The summed E-state index contributed by atoms with van der Waals surface area (Å²) in [7, 11) is 0. The Morgan fingerprint density at radius 1 is 0.824 bits per heavy atom. The zero-order valence-corrected chi connectivity index (χ0v) is 20.5. The summed E-state index contributed by atoms with van der Waals surface area (Å²) in [5.41, 5.74) is 3.83. The van der Waals surface area contributed by atoms with Crippen molar-refractivity contribution in [2.45, 2.75) is 38.0 Å². The molecule has 1 unspecified atom stereocenters. The molecular formula is C27H28BrF2N2O2+. The maximum atomic E-state index is 12.5. The summed E-state index contributed by atoms with van der Waals surface area (Å²) < 4.78 is 31.8. The smallest absolute Gasteiger partial charge is 0.387 e. The van der Waals surface area contributed by atoms with Crippen molar-refractivity contribution in [1.82, 2.24) is 5.01 Å². The van der Waals surface area contributed by atoms with Crippen molar-refractivity contribution in [2.24, 2.45) is 0 Å². The topological polar surface area (TPSA) is 35.7 Å². The van der Waals surface area contributed by atoms with E-state index in [0.717, 1.165) is 60.3 Å². The van der Waals surface area contributed by atoms with E-state index < -0.39 is 12.3 Å². The number of alkyl halides is 2. The number of benzene rings is 3. The lowest BCUT2D eigenvalue weighted by Gasteiger charge is -2.30. The third kappa shape index (κ3) is 4.72. The maximum absolute atomic E-state index is 12.5. The minimum absolute atomic E-state index is 0. The first-order valence-corrected chi connectivity index (χ1v) is 11.4. The Hall–Kier alpha value is -2.77. The first-order valence-electron chi connectivity index (χ1n) is 11.4. The zero-order chi connectivity index (χ0) is 22.8. The van der Waals surface area contributed by atoms with Gasteiger partial charge in [0.15, 0.2) is 6.54 Å². The molecule has 0 spiro atoms. The van der Waals surface area contributed by atoms with E-state index in [2.05, 4.69) is 38.7 Å². The molecular weight excluding hydrogens is 502 g/mol. The molecule has 0 aliphatic carbocycles. The number of aliphatic hydroxyl groups is 1. The summed E-state index contributed by atoms with van der Waals surface area (Å²) in [6, 6.07) is 25.0. The summed E-state index contributed by atoms with van der Waals surface area (Å²) in [6.07, 6.45) is 3.57. The van der Waals surface area contributed by atoms with Gasteiger partial charge in [0.1, 0.15) is 5.75 Å². The van der Waals surface area contributed by atoms with Gasteiger partial charge < -0.3 is 9.84 Å². The van der Waals surface area contributed by atoms with E-state index >= 15 is 0 Å². The van der Waals surface area contributed by atoms with Gasteiger partial charge in [-0.1, -0.05) is 54.6 Å². The molecule has 5 rings (SSSR count). The van der Waals surface area contributed by atoms with Gasteiger partial charge in [-0.05, 0) is 48.2 Å². The lowest BCUT2D eigenvalue weighted by atomic mass is 9.93. The fourth-order valence-electron chi connectivity index (χ4n) is 4.91. The molecule has 1 fully saturated rings. The van der Waals surface area contributed by atoms with E-state index in [0.29, 0.717) is 6.42 Å². The number of nitrogens with zero attached hydrogens (tertiary/aromatic N) is 2. The Kier molecular flexibility index (Phi) is 7.33. The molecule has 1 atom stereocenters. The van der Waals surface area contributed by atoms with Crippen molar-refractivity contribution in [3.63, 3.8) is 0 Å². The number of fused-ring (bicyclic) bond motifs is 1. The van der Waals surface area contributed by atoms with E-state index in [1.54, 1.807) is 24.3 Å². The van der Waals surface area contributed by atoms with Crippen molar-refractivity contribution in [2.75, 3.05) is 13.1 Å². The molecule has 34 heavy (non-hydrogen) atoms. The SMILES string of the molecule is Br.OC1(c2ccc(-c3ccccc3)cc2)CC(c2ccc(OC(F)F)cc2)=[N+]2CCCCCN21. The summed E-state index contributed by atoms with van der Waals surface area (Å²) in [4.78, 5) is 0. The van der Waals surface area contributed by atoms with Crippen LogP contribution < -0.4 is 4.74 Å². The molecule has 7 heteroatoms. The van der Waals surface area contributed by atoms with Crippen LogP contribution >= 0.6 is 17.0 Å². The third-order valence-corrected chi connectivity index (χ3v) is 6.55. The van der Waals surface area contributed by atoms with Gasteiger partial charge in [-0.25, -0.2) is 0 Å². The van der Waals surface area contributed by atoms with E-state index in [9.17, 15) is 13.9 Å². The second-order valence-electron chi connectivity index (χ2n) is 8.59. The lowest BCUT2D eigenvalue weighted by Crippen LogP contribution is -2.46. The van der Waals surface area contributed by atoms with Gasteiger partial charge >= 0.3 is 6.61 Å². The zero-order valence-electron chi connectivity index (χ0n) is 18.7. The third-order valence-electron chi connectivity index (χ3n) is 6.55. The molecule has 1 saturated heterocycles. The highest BCUT2D eigenvalue weighted by Crippen LogP contribution is 2.39. The molecule has 3 aromatic rings. The maximum Gasteiger partial charge on any atom is 0.387 e. The largest absolute Gasteiger partial charge is 0.435 e. The predicted molar refractivity (Wildman–Crippen MR) is 134 cm³/mol. The number of rotatable bonds is 5. The summed E-state index contributed by atoms with van der Waals surface area (Å²) in [5.74, 6) is 0.131. The van der Waals surface area contributed by atoms with Crippen LogP contribution in [0.25, 0.3) is 11.1 Å². The van der Waals surface area contributed by atoms with Crippen LogP contribution in [0.4, 0.5) is 8.78 Å². The average Bonchev–Trinajstić information content (AvgIpc) is 2.98. The molecule has 1 N–H and O–H groups in total. The monoisotopic (exact) mass is 529 g/mol. The molecule has 4 nitrogen and oxygen atoms in total. The molecule has 2 aliphatic heterocycles. The molecule has 0 bridgehead atoms. The van der Waals surface area contributed by atoms with Gasteiger partial charge in [-0.15, -0.1) is 26.7 Å². The standard InChI is InChI=1S/C27H27F2N2O2.BrH/c28-26(29)33-24-15-11-22(12-16-24)25-19-27(32,31-18-6-2-5-17-30(25)31)23-13-9-21(10-14-23)20-7-3-1-4-8-20;/h1,3-4,7-16,26,32H,2,5-6,17-19H2;1H/q+1;. The Labute approximate surface area is 208 Å². The van der Waals surface area contributed by atoms with Gasteiger partial charge in [-0.2, -0.15) is 8.78 Å². The van der Waals surface area contributed by atoms with Crippen LogP contribution in [0.1, 0.15) is 36.8 Å². The summed E-state index contributed by atoms with van der Waals surface area (Å²) >= 11 is 0. The van der Waals surface area contributed by atoms with Crippen LogP contribution in [0.2, 0.25) is 0 Å². The number of hydrogen-bond acceptors (Lipinski definition) is 3. The molecule has 0 radical (unpaired) electrons. The van der Waals surface area contributed by atoms with Gasteiger partial charge in [0, 0.05) is 17.5 Å². The number of hydrazine groups is 1. The lowest BCUT2D eigenvalue weighted by molar-refractivity contribution is -0.706. The molecule has 0 saturated carbocycles. The number of halogens is 3. The minimum atomic E-state index is -2.85. The van der Waals surface area contributed by atoms with Crippen molar-refractivity contribution < 1.29 is 23.3 Å². The van der Waals surface area contributed by atoms with E-state index in [1.807, 2.05) is 30.3 Å². The van der Waals surface area contributed by atoms with Crippen LogP contribution in [0.15, 0.2) is 78.9 Å². The van der Waals surface area contributed by atoms with Gasteiger partial charge in [0.2, 0.25) is 11.4 Å². The quantitative estimate of drug-likeness (QED) is 0.412. The highest BCUT2D eigenvalue weighted by atomic mass is 79.9. The first kappa shape index (κ1) is 24.4. The second kappa shape index (κ2) is 10.2. The Bertz CT molecular complexity index is 1140. The van der Waals surface area contributed by atoms with Crippen LogP contribution in [0.5, 0.6) is 5.75 Å². The molecule has 0 aromatic heterocycles. The van der Waals surface area contributed by atoms with Crippen LogP contribution in [0, 0.1) is 0 Å². The van der Waals surface area contributed by atoms with Gasteiger partial charge in [0.05, 0.1) is 13.0 Å². The van der Waals surface area contributed by atoms with Crippen molar-refractivity contribution in [3.05, 3.63) is 90.0 Å². The van der Waals surface area contributed by atoms with E-state index in [-0.39, 0.29) is 22.7 Å². The van der Waals surface area contributed by atoms with E-state index in [4.69, 9.17) is 0 Å². The van der Waals surface area contributed by atoms with Crippen molar-refractivity contribution >= 4 is 22.7 Å². The molecule has 2 aliphatic rings. The minimum Gasteiger partial charge on any atom is -0.435 e. The van der Waals surface area contributed by atoms with Gasteiger partial charge in [0.25, 0.3) is 0 Å². The molecule has 2 heterocycles. The normalized spacial score (nSPS) is 20.1. The average molecular weight is 530 g/mol. The van der Waals surface area contributed by atoms with Crippen molar-refractivity contribution in [1.29, 1.82) is 0 Å². The number of hydrazone groups is 1. The Balaban J connectivity index is 0.00000274. The van der Waals surface area contributed by atoms with Crippen molar-refractivity contribution in [3.8, 4) is 16.9 Å². The fourth-order valence-corrected chi connectivity index (χ4v) is 4.91. The highest BCUT2D eigenvalue weighted by Gasteiger charge is 2.52. The summed E-state index contributed by atoms with van der Waals surface area (Å²) in [6.45, 7) is -1.28. The van der Waals surface area contributed by atoms with Crippen LogP contribution in [-0.4, -0.2) is 40.2 Å². The molecule has 3 aromatic carbocycles. The predicted octanol–water partition coefficient (Wildman–Crippen LogP) is 5.98. The number of hydrogen-bond donors (Lipinski definition) is 1. The second-order valence-corrected chi connectivity index (χ2v) is 8.59.